The van der Waals surface area contributed by atoms with Crippen LogP contribution in [0.2, 0.25) is 0 Å². The molecule has 5 nitrogen and oxygen atoms in total. The number of nitrogens with two attached hydrogens (primary N) is 2. The molecular weight excluding hydrogens is 242 g/mol. The Morgan fingerprint density at radius 2 is 2.11 bits per heavy atom. The van der Waals surface area contributed by atoms with Crippen LogP contribution in [0.15, 0.2) is 18.2 Å². The molecule has 0 saturated heterocycles. The van der Waals surface area contributed by atoms with E-state index in [9.17, 15) is 4.79 Å². The summed E-state index contributed by atoms with van der Waals surface area (Å²) < 4.78 is 5.48. The van der Waals surface area contributed by atoms with Crippen LogP contribution in [0.1, 0.15) is 19.4 Å². The van der Waals surface area contributed by atoms with Crippen LogP contribution in [0.25, 0.3) is 0 Å². The van der Waals surface area contributed by atoms with Crippen LogP contribution >= 0.6 is 0 Å². The highest BCUT2D eigenvalue weighted by molar-refractivity contribution is 5.99. The Morgan fingerprint density at radius 3 is 2.74 bits per heavy atom. The SMILES string of the molecule is CC(C)(CN)N1C(=O)COc2ccc(CCN)cc21. The molecule has 1 aromatic rings. The molecule has 0 bridgehead atoms. The Morgan fingerprint density at radius 1 is 1.37 bits per heavy atom. The predicted octanol–water partition coefficient (Wildman–Crippen LogP) is 0.651. The number of carbonyl (C=O) groups excluding carboxylic acids is 1. The average molecular weight is 263 g/mol. The summed E-state index contributed by atoms with van der Waals surface area (Å²) in [5.41, 5.74) is 12.8. The van der Waals surface area contributed by atoms with Crippen LogP contribution in [0, 0.1) is 0 Å². The smallest absolute Gasteiger partial charge is 0.265 e. The Labute approximate surface area is 113 Å². The van der Waals surface area contributed by atoms with Gasteiger partial charge in [0.2, 0.25) is 0 Å². The van der Waals surface area contributed by atoms with Crippen molar-refractivity contribution in [2.45, 2.75) is 25.8 Å². The molecule has 1 aliphatic rings. The number of anilines is 1. The zero-order valence-electron chi connectivity index (χ0n) is 11.5. The Hall–Kier alpha value is -1.59. The number of nitrogens with zero attached hydrogens (tertiary/aromatic N) is 1. The highest BCUT2D eigenvalue weighted by Gasteiger charge is 2.36. The van der Waals surface area contributed by atoms with Crippen molar-refractivity contribution in [2.75, 3.05) is 24.6 Å². The number of carbonyl (C=O) groups is 1. The van der Waals surface area contributed by atoms with Crippen molar-refractivity contribution in [3.63, 3.8) is 0 Å². The van der Waals surface area contributed by atoms with Gasteiger partial charge >= 0.3 is 0 Å². The molecule has 1 aliphatic heterocycles. The van der Waals surface area contributed by atoms with Gasteiger partial charge in [0.1, 0.15) is 5.75 Å². The van der Waals surface area contributed by atoms with E-state index in [1.807, 2.05) is 32.0 Å². The monoisotopic (exact) mass is 263 g/mol. The predicted molar refractivity (Wildman–Crippen MR) is 75.3 cm³/mol. The van der Waals surface area contributed by atoms with Gasteiger partial charge in [-0.25, -0.2) is 0 Å². The van der Waals surface area contributed by atoms with E-state index in [0.29, 0.717) is 13.1 Å². The van der Waals surface area contributed by atoms with E-state index in [1.54, 1.807) is 4.90 Å². The molecule has 5 heteroatoms. The lowest BCUT2D eigenvalue weighted by Crippen LogP contribution is -2.55. The summed E-state index contributed by atoms with van der Waals surface area (Å²) in [7, 11) is 0. The molecule has 1 aromatic carbocycles. The van der Waals surface area contributed by atoms with Gasteiger partial charge in [-0.05, 0) is 44.5 Å². The first-order valence-electron chi connectivity index (χ1n) is 6.48. The van der Waals surface area contributed by atoms with E-state index >= 15 is 0 Å². The lowest BCUT2D eigenvalue weighted by molar-refractivity contribution is -0.122. The van der Waals surface area contributed by atoms with Gasteiger partial charge in [-0.3, -0.25) is 9.69 Å². The zero-order chi connectivity index (χ0) is 14.0. The lowest BCUT2D eigenvalue weighted by atomic mass is 9.99. The third-order valence-electron chi connectivity index (χ3n) is 3.40. The van der Waals surface area contributed by atoms with Gasteiger partial charge < -0.3 is 16.2 Å². The Balaban J connectivity index is 2.47. The van der Waals surface area contributed by atoms with Crippen LogP contribution in [-0.4, -0.2) is 31.1 Å². The van der Waals surface area contributed by atoms with Crippen molar-refractivity contribution in [3.8, 4) is 5.75 Å². The summed E-state index contributed by atoms with van der Waals surface area (Å²) in [5, 5.41) is 0. The van der Waals surface area contributed by atoms with Crippen molar-refractivity contribution in [1.82, 2.24) is 0 Å². The standard InChI is InChI=1S/C14H21N3O2/c1-14(2,9-16)17-11-7-10(5-6-15)3-4-12(11)19-8-13(17)18/h3-4,7H,5-6,8-9,15-16H2,1-2H3. The number of rotatable bonds is 4. The molecular formula is C14H21N3O2. The van der Waals surface area contributed by atoms with Gasteiger partial charge in [-0.1, -0.05) is 6.07 Å². The first-order valence-corrected chi connectivity index (χ1v) is 6.48. The van der Waals surface area contributed by atoms with E-state index in [2.05, 4.69) is 0 Å². The zero-order valence-corrected chi connectivity index (χ0v) is 11.5. The lowest BCUT2D eigenvalue weighted by Gasteiger charge is -2.41. The fourth-order valence-electron chi connectivity index (χ4n) is 2.28. The van der Waals surface area contributed by atoms with Crippen LogP contribution in [-0.2, 0) is 11.2 Å². The fourth-order valence-corrected chi connectivity index (χ4v) is 2.28. The highest BCUT2D eigenvalue weighted by Crippen LogP contribution is 2.37. The molecule has 0 unspecified atom stereocenters. The van der Waals surface area contributed by atoms with Crippen molar-refractivity contribution in [3.05, 3.63) is 23.8 Å². The third-order valence-corrected chi connectivity index (χ3v) is 3.40. The van der Waals surface area contributed by atoms with Gasteiger partial charge in [0.25, 0.3) is 5.91 Å². The summed E-state index contributed by atoms with van der Waals surface area (Å²) in [6, 6.07) is 5.85. The van der Waals surface area contributed by atoms with Gasteiger partial charge in [0.15, 0.2) is 6.61 Å². The Kier molecular flexibility index (Phi) is 3.78. The molecule has 19 heavy (non-hydrogen) atoms. The molecule has 4 N–H and O–H groups in total. The van der Waals surface area contributed by atoms with Gasteiger partial charge in [0, 0.05) is 6.54 Å². The number of fused-ring (bicyclic) bond motifs is 1. The van der Waals surface area contributed by atoms with Crippen LogP contribution in [0.5, 0.6) is 5.75 Å². The Bertz CT molecular complexity index is 486. The number of ether oxygens (including phenoxy) is 1. The second kappa shape index (κ2) is 5.19. The van der Waals surface area contributed by atoms with Crippen LogP contribution in [0.4, 0.5) is 5.69 Å². The van der Waals surface area contributed by atoms with Crippen molar-refractivity contribution in [2.24, 2.45) is 11.5 Å². The van der Waals surface area contributed by atoms with E-state index in [1.165, 1.54) is 0 Å². The fraction of sp³-hybridized carbons (Fsp3) is 0.500. The molecule has 0 atom stereocenters. The number of amides is 1. The summed E-state index contributed by atoms with van der Waals surface area (Å²) in [6.07, 6.45) is 0.776. The minimum Gasteiger partial charge on any atom is -0.482 e. The average Bonchev–Trinajstić information content (AvgIpc) is 2.38. The van der Waals surface area contributed by atoms with Gasteiger partial charge in [-0.15, -0.1) is 0 Å². The molecule has 0 spiro atoms. The molecule has 104 valence electrons. The van der Waals surface area contributed by atoms with E-state index in [4.69, 9.17) is 16.2 Å². The molecule has 0 aliphatic carbocycles. The van der Waals surface area contributed by atoms with Gasteiger partial charge in [-0.2, -0.15) is 0 Å². The maximum atomic E-state index is 12.2. The summed E-state index contributed by atoms with van der Waals surface area (Å²) >= 11 is 0. The normalized spacial score (nSPS) is 15.2. The molecule has 1 heterocycles. The summed E-state index contributed by atoms with van der Waals surface area (Å²) in [6.45, 7) is 4.94. The molecule has 0 radical (unpaired) electrons. The number of hydrogen-bond donors (Lipinski definition) is 2. The number of benzene rings is 1. The topological polar surface area (TPSA) is 81.6 Å². The van der Waals surface area contributed by atoms with Crippen molar-refractivity contribution >= 4 is 11.6 Å². The van der Waals surface area contributed by atoms with Crippen molar-refractivity contribution < 1.29 is 9.53 Å². The molecule has 0 aromatic heterocycles. The summed E-state index contributed by atoms with van der Waals surface area (Å²) in [5.74, 6) is 0.662. The maximum absolute atomic E-state index is 12.2. The second-order valence-corrected chi connectivity index (χ2v) is 5.38. The largest absolute Gasteiger partial charge is 0.482 e. The molecule has 2 rings (SSSR count). The first kappa shape index (κ1) is 13.8. The second-order valence-electron chi connectivity index (χ2n) is 5.38. The summed E-state index contributed by atoms with van der Waals surface area (Å²) in [4.78, 5) is 13.9. The van der Waals surface area contributed by atoms with Crippen LogP contribution in [0.3, 0.4) is 0 Å². The highest BCUT2D eigenvalue weighted by atomic mass is 16.5. The minimum atomic E-state index is -0.434. The van der Waals surface area contributed by atoms with Crippen molar-refractivity contribution in [1.29, 1.82) is 0 Å². The first-order chi connectivity index (χ1) is 8.99. The van der Waals surface area contributed by atoms with E-state index in [-0.39, 0.29) is 12.5 Å². The molecule has 1 amide bonds. The maximum Gasteiger partial charge on any atom is 0.265 e. The van der Waals surface area contributed by atoms with E-state index < -0.39 is 5.54 Å². The van der Waals surface area contributed by atoms with E-state index in [0.717, 1.165) is 23.4 Å². The third kappa shape index (κ3) is 2.57. The van der Waals surface area contributed by atoms with Crippen LogP contribution < -0.4 is 21.1 Å². The minimum absolute atomic E-state index is 0.0622. The van der Waals surface area contributed by atoms with Gasteiger partial charge in [0.05, 0.1) is 11.2 Å². The number of hydrogen-bond acceptors (Lipinski definition) is 4. The molecule has 0 fully saturated rings. The molecule has 0 saturated carbocycles. The quantitative estimate of drug-likeness (QED) is 0.835.